The van der Waals surface area contributed by atoms with Gasteiger partial charge in [-0.15, -0.1) is 11.3 Å². The highest BCUT2D eigenvalue weighted by molar-refractivity contribution is 7.14. The fourth-order valence-corrected chi connectivity index (χ4v) is 3.51. The van der Waals surface area contributed by atoms with E-state index >= 15 is 0 Å². The van der Waals surface area contributed by atoms with Gasteiger partial charge in [-0.3, -0.25) is 9.69 Å². The van der Waals surface area contributed by atoms with Crippen molar-refractivity contribution in [3.05, 3.63) is 35.0 Å². The monoisotopic (exact) mass is 342 g/mol. The summed E-state index contributed by atoms with van der Waals surface area (Å²) in [6.07, 6.45) is 3.47. The Hall–Kier alpha value is -2.50. The van der Waals surface area contributed by atoms with Crippen LogP contribution in [0.1, 0.15) is 11.1 Å². The fraction of sp³-hybridized carbons (Fsp3) is 0.375. The van der Waals surface area contributed by atoms with Gasteiger partial charge in [-0.2, -0.15) is 5.26 Å². The first-order chi connectivity index (χ1) is 11.7. The van der Waals surface area contributed by atoms with Gasteiger partial charge < -0.3 is 10.2 Å². The lowest BCUT2D eigenvalue weighted by atomic mass is 10.2. The highest BCUT2D eigenvalue weighted by Gasteiger charge is 2.21. The van der Waals surface area contributed by atoms with Gasteiger partial charge in [0.05, 0.1) is 12.1 Å². The second-order valence-corrected chi connectivity index (χ2v) is 6.47. The molecule has 0 radical (unpaired) electrons. The van der Waals surface area contributed by atoms with Gasteiger partial charge in [-0.25, -0.2) is 9.97 Å². The van der Waals surface area contributed by atoms with E-state index in [0.29, 0.717) is 17.1 Å². The average molecular weight is 342 g/mol. The van der Waals surface area contributed by atoms with Crippen molar-refractivity contribution in [2.24, 2.45) is 0 Å². The number of carbonyl (C=O) groups is 1. The number of hydrogen-bond acceptors (Lipinski definition) is 7. The van der Waals surface area contributed by atoms with Crippen molar-refractivity contribution >= 4 is 28.2 Å². The highest BCUT2D eigenvalue weighted by Crippen LogP contribution is 2.26. The SMILES string of the molecule is Cc1csc(NC(=O)CN2CCN(c3ncccn3)CC2)c1C#N. The third-order valence-electron chi connectivity index (χ3n) is 3.91. The molecule has 1 aliphatic heterocycles. The summed E-state index contributed by atoms with van der Waals surface area (Å²) in [4.78, 5) is 24.9. The predicted molar refractivity (Wildman–Crippen MR) is 93.1 cm³/mol. The van der Waals surface area contributed by atoms with Crippen molar-refractivity contribution in [1.82, 2.24) is 14.9 Å². The number of aryl methyl sites for hydroxylation is 1. The van der Waals surface area contributed by atoms with Gasteiger partial charge >= 0.3 is 0 Å². The quantitative estimate of drug-likeness (QED) is 0.906. The van der Waals surface area contributed by atoms with Gasteiger partial charge in [-0.1, -0.05) is 0 Å². The van der Waals surface area contributed by atoms with Gasteiger partial charge in [-0.05, 0) is 23.9 Å². The van der Waals surface area contributed by atoms with E-state index in [1.807, 2.05) is 12.3 Å². The Labute approximate surface area is 144 Å². The number of nitriles is 1. The Morgan fingerprint density at radius 1 is 1.33 bits per heavy atom. The number of amides is 1. The molecular weight excluding hydrogens is 324 g/mol. The molecule has 0 saturated carbocycles. The first kappa shape index (κ1) is 16.4. The number of rotatable bonds is 4. The van der Waals surface area contributed by atoms with Gasteiger partial charge in [0.15, 0.2) is 0 Å². The first-order valence-corrected chi connectivity index (χ1v) is 8.57. The van der Waals surface area contributed by atoms with E-state index in [2.05, 4.69) is 31.2 Å². The summed E-state index contributed by atoms with van der Waals surface area (Å²) in [6.45, 7) is 5.33. The number of nitrogens with one attached hydrogen (secondary N) is 1. The minimum absolute atomic E-state index is 0.0854. The lowest BCUT2D eigenvalue weighted by Crippen LogP contribution is -2.49. The maximum atomic E-state index is 12.2. The van der Waals surface area contributed by atoms with E-state index in [1.165, 1.54) is 11.3 Å². The Morgan fingerprint density at radius 3 is 2.71 bits per heavy atom. The molecule has 0 unspecified atom stereocenters. The summed E-state index contributed by atoms with van der Waals surface area (Å²) in [6, 6.07) is 3.94. The molecule has 0 aliphatic carbocycles. The molecule has 0 aromatic carbocycles. The molecule has 1 aliphatic rings. The molecule has 0 bridgehead atoms. The van der Waals surface area contributed by atoms with Crippen LogP contribution in [0.4, 0.5) is 10.9 Å². The third kappa shape index (κ3) is 3.69. The van der Waals surface area contributed by atoms with Gasteiger partial charge in [0.1, 0.15) is 11.1 Å². The second kappa shape index (κ2) is 7.38. The van der Waals surface area contributed by atoms with Crippen LogP contribution in [0.15, 0.2) is 23.8 Å². The van der Waals surface area contributed by atoms with Crippen molar-refractivity contribution in [3.63, 3.8) is 0 Å². The normalized spacial score (nSPS) is 15.1. The number of aromatic nitrogens is 2. The second-order valence-electron chi connectivity index (χ2n) is 5.59. The van der Waals surface area contributed by atoms with Crippen LogP contribution in [-0.4, -0.2) is 53.5 Å². The third-order valence-corrected chi connectivity index (χ3v) is 4.93. The van der Waals surface area contributed by atoms with Crippen molar-refractivity contribution in [1.29, 1.82) is 5.26 Å². The summed E-state index contributed by atoms with van der Waals surface area (Å²) in [5, 5.41) is 14.5. The number of thiophene rings is 1. The Bertz CT molecular complexity index is 746. The van der Waals surface area contributed by atoms with E-state index in [1.54, 1.807) is 18.5 Å². The topological polar surface area (TPSA) is 85.2 Å². The maximum absolute atomic E-state index is 12.2. The zero-order chi connectivity index (χ0) is 16.9. The Balaban J connectivity index is 1.51. The molecule has 1 amide bonds. The molecule has 2 aromatic rings. The van der Waals surface area contributed by atoms with Gasteiger partial charge in [0, 0.05) is 38.6 Å². The maximum Gasteiger partial charge on any atom is 0.239 e. The van der Waals surface area contributed by atoms with Crippen LogP contribution in [-0.2, 0) is 4.79 Å². The van der Waals surface area contributed by atoms with Gasteiger partial charge in [0.25, 0.3) is 0 Å². The molecular formula is C16H18N6OS. The molecule has 24 heavy (non-hydrogen) atoms. The zero-order valence-corrected chi connectivity index (χ0v) is 14.2. The number of nitrogens with zero attached hydrogens (tertiary/aromatic N) is 5. The van der Waals surface area contributed by atoms with Crippen molar-refractivity contribution in [2.75, 3.05) is 42.9 Å². The molecule has 3 heterocycles. The smallest absolute Gasteiger partial charge is 0.239 e. The molecule has 1 saturated heterocycles. The molecule has 1 fully saturated rings. The summed E-state index contributed by atoms with van der Waals surface area (Å²) >= 11 is 1.39. The fourth-order valence-electron chi connectivity index (χ4n) is 2.60. The zero-order valence-electron chi connectivity index (χ0n) is 13.4. The van der Waals surface area contributed by atoms with Crippen LogP contribution in [0.25, 0.3) is 0 Å². The van der Waals surface area contributed by atoms with Crippen molar-refractivity contribution in [2.45, 2.75) is 6.92 Å². The standard InChI is InChI=1S/C16H18N6OS/c1-12-11-24-15(13(12)9-17)20-14(23)10-21-5-7-22(8-6-21)16-18-3-2-4-19-16/h2-4,11H,5-8,10H2,1H3,(H,20,23). The first-order valence-electron chi connectivity index (χ1n) is 7.69. The van der Waals surface area contributed by atoms with E-state index in [4.69, 9.17) is 5.26 Å². The van der Waals surface area contributed by atoms with E-state index in [9.17, 15) is 4.79 Å². The lowest BCUT2D eigenvalue weighted by molar-refractivity contribution is -0.117. The van der Waals surface area contributed by atoms with Crippen LogP contribution >= 0.6 is 11.3 Å². The van der Waals surface area contributed by atoms with Crippen molar-refractivity contribution < 1.29 is 4.79 Å². The molecule has 8 heteroatoms. The summed E-state index contributed by atoms with van der Waals surface area (Å²) in [5.41, 5.74) is 1.45. The van der Waals surface area contributed by atoms with Crippen LogP contribution in [0.5, 0.6) is 0 Å². The minimum atomic E-state index is -0.0854. The average Bonchev–Trinajstić information content (AvgIpc) is 2.95. The minimum Gasteiger partial charge on any atom is -0.338 e. The van der Waals surface area contributed by atoms with E-state index in [-0.39, 0.29) is 5.91 Å². The molecule has 0 spiro atoms. The van der Waals surface area contributed by atoms with Crippen LogP contribution in [0, 0.1) is 18.3 Å². The Morgan fingerprint density at radius 2 is 2.04 bits per heavy atom. The number of anilines is 2. The predicted octanol–water partition coefficient (Wildman–Crippen LogP) is 1.48. The lowest BCUT2D eigenvalue weighted by Gasteiger charge is -2.34. The summed E-state index contributed by atoms with van der Waals surface area (Å²) < 4.78 is 0. The van der Waals surface area contributed by atoms with E-state index < -0.39 is 0 Å². The number of hydrogen-bond donors (Lipinski definition) is 1. The largest absolute Gasteiger partial charge is 0.338 e. The van der Waals surface area contributed by atoms with Gasteiger partial charge in [0.2, 0.25) is 11.9 Å². The highest BCUT2D eigenvalue weighted by atomic mass is 32.1. The molecule has 1 N–H and O–H groups in total. The molecule has 124 valence electrons. The van der Waals surface area contributed by atoms with Crippen molar-refractivity contribution in [3.8, 4) is 6.07 Å². The molecule has 2 aromatic heterocycles. The summed E-state index contributed by atoms with van der Waals surface area (Å²) in [5.74, 6) is 0.645. The van der Waals surface area contributed by atoms with Crippen LogP contribution in [0.3, 0.4) is 0 Å². The van der Waals surface area contributed by atoms with E-state index in [0.717, 1.165) is 37.7 Å². The van der Waals surface area contributed by atoms with Crippen LogP contribution in [0.2, 0.25) is 0 Å². The number of carbonyl (C=O) groups excluding carboxylic acids is 1. The van der Waals surface area contributed by atoms with Crippen LogP contribution < -0.4 is 10.2 Å². The molecule has 0 atom stereocenters. The molecule has 7 nitrogen and oxygen atoms in total. The molecule has 3 rings (SSSR count). The Kier molecular flexibility index (Phi) is 5.03. The number of piperazine rings is 1. The summed E-state index contributed by atoms with van der Waals surface area (Å²) in [7, 11) is 0.